The Labute approximate surface area is 322 Å². The molecule has 0 fully saturated rings. The Kier molecular flexibility index (Phi) is 7.39. The zero-order valence-electron chi connectivity index (χ0n) is 29.8. The summed E-state index contributed by atoms with van der Waals surface area (Å²) < 4.78 is 9.42. The van der Waals surface area contributed by atoms with E-state index in [0.717, 1.165) is 55.7 Å². The maximum absolute atomic E-state index is 6.79. The highest BCUT2D eigenvalue weighted by atomic mass is 32.1. The van der Waals surface area contributed by atoms with Gasteiger partial charge in [-0.15, -0.1) is 11.3 Å². The lowest BCUT2D eigenvalue weighted by atomic mass is 9.97. The van der Waals surface area contributed by atoms with Gasteiger partial charge >= 0.3 is 0 Å². The van der Waals surface area contributed by atoms with Crippen molar-refractivity contribution in [2.45, 2.75) is 0 Å². The average Bonchev–Trinajstić information content (AvgIpc) is 3.82. The monoisotopic (exact) mass is 719 g/mol. The first kappa shape index (κ1) is 31.6. The molecule has 0 N–H and O–H groups in total. The zero-order valence-corrected chi connectivity index (χ0v) is 30.6. The first-order chi connectivity index (χ1) is 27.3. The molecule has 0 aliphatic rings. The van der Waals surface area contributed by atoms with Gasteiger partial charge in [0.15, 0.2) is 0 Å². The van der Waals surface area contributed by atoms with E-state index in [4.69, 9.17) is 4.42 Å². The van der Waals surface area contributed by atoms with Gasteiger partial charge < -0.3 is 9.32 Å². The Hall–Kier alpha value is -6.94. The normalized spacial score (nSPS) is 11.6. The van der Waals surface area contributed by atoms with Gasteiger partial charge in [-0.2, -0.15) is 0 Å². The van der Waals surface area contributed by atoms with E-state index < -0.39 is 0 Å². The maximum Gasteiger partial charge on any atom is 0.143 e. The summed E-state index contributed by atoms with van der Waals surface area (Å²) in [4.78, 5) is 2.41. The van der Waals surface area contributed by atoms with Crippen molar-refractivity contribution in [3.8, 4) is 33.4 Å². The highest BCUT2D eigenvalue weighted by Crippen LogP contribution is 2.48. The Morgan fingerprint density at radius 3 is 1.78 bits per heavy atom. The van der Waals surface area contributed by atoms with Crippen LogP contribution in [-0.4, -0.2) is 0 Å². The molecular weight excluding hydrogens is 687 g/mol. The zero-order chi connectivity index (χ0) is 36.3. The molecule has 3 heteroatoms. The van der Waals surface area contributed by atoms with Crippen molar-refractivity contribution in [3.05, 3.63) is 200 Å². The van der Waals surface area contributed by atoms with Crippen LogP contribution in [0, 0.1) is 0 Å². The van der Waals surface area contributed by atoms with Crippen LogP contribution >= 0.6 is 11.3 Å². The Balaban J connectivity index is 1.11. The van der Waals surface area contributed by atoms with Crippen molar-refractivity contribution >= 4 is 81.3 Å². The number of rotatable bonds is 6. The lowest BCUT2D eigenvalue weighted by Crippen LogP contribution is -2.12. The molecule has 258 valence electrons. The number of thiophene rings is 1. The molecule has 0 atom stereocenters. The molecule has 0 unspecified atom stereocenters. The van der Waals surface area contributed by atoms with Gasteiger partial charge in [0.2, 0.25) is 0 Å². The number of para-hydroxylation sites is 3. The van der Waals surface area contributed by atoms with Gasteiger partial charge in [0.25, 0.3) is 0 Å². The second-order valence-electron chi connectivity index (χ2n) is 14.0. The predicted octanol–water partition coefficient (Wildman–Crippen LogP) is 15.6. The summed E-state index contributed by atoms with van der Waals surface area (Å²) in [6.07, 6.45) is 0. The van der Waals surface area contributed by atoms with Crippen molar-refractivity contribution < 1.29 is 4.42 Å². The summed E-state index contributed by atoms with van der Waals surface area (Å²) in [6, 6.07) is 72.1. The first-order valence-corrected chi connectivity index (χ1v) is 19.5. The minimum Gasteiger partial charge on any atom is -0.455 e. The Morgan fingerprint density at radius 2 is 0.964 bits per heavy atom. The van der Waals surface area contributed by atoms with Gasteiger partial charge in [-0.25, -0.2) is 0 Å². The van der Waals surface area contributed by atoms with Crippen LogP contribution in [-0.2, 0) is 0 Å². The molecule has 0 aliphatic carbocycles. The summed E-state index contributed by atoms with van der Waals surface area (Å²) in [5, 5.41) is 7.25. The molecule has 9 aromatic carbocycles. The Bertz CT molecular complexity index is 3210. The summed E-state index contributed by atoms with van der Waals surface area (Å²) in [5.74, 6) is 0. The highest BCUT2D eigenvalue weighted by molar-refractivity contribution is 7.26. The second-order valence-corrected chi connectivity index (χ2v) is 15.1. The fraction of sp³-hybridized carbons (Fsp3) is 0. The lowest BCUT2D eigenvalue weighted by Gasteiger charge is -2.30. The number of anilines is 3. The molecule has 11 aromatic rings. The number of hydrogen-bond donors (Lipinski definition) is 0. The maximum atomic E-state index is 6.79. The molecule has 0 spiro atoms. The van der Waals surface area contributed by atoms with Gasteiger partial charge in [0, 0.05) is 53.3 Å². The molecule has 55 heavy (non-hydrogen) atoms. The molecule has 0 bridgehead atoms. The third-order valence-electron chi connectivity index (χ3n) is 10.9. The predicted molar refractivity (Wildman–Crippen MR) is 235 cm³/mol. The van der Waals surface area contributed by atoms with E-state index in [1.807, 2.05) is 11.3 Å². The van der Waals surface area contributed by atoms with Gasteiger partial charge in [-0.1, -0.05) is 158 Å². The van der Waals surface area contributed by atoms with Crippen LogP contribution in [0.1, 0.15) is 0 Å². The third-order valence-corrected chi connectivity index (χ3v) is 12.1. The van der Waals surface area contributed by atoms with Gasteiger partial charge in [-0.3, -0.25) is 0 Å². The fourth-order valence-corrected chi connectivity index (χ4v) is 9.53. The largest absolute Gasteiger partial charge is 0.455 e. The summed E-state index contributed by atoms with van der Waals surface area (Å²) in [5.41, 5.74) is 12.0. The van der Waals surface area contributed by atoms with Crippen molar-refractivity contribution in [1.29, 1.82) is 0 Å². The van der Waals surface area contributed by atoms with E-state index in [1.165, 1.54) is 47.6 Å². The number of hydrogen-bond acceptors (Lipinski definition) is 3. The molecule has 0 saturated carbocycles. The lowest BCUT2D eigenvalue weighted by molar-refractivity contribution is 0.670. The average molecular weight is 720 g/mol. The molecule has 2 aromatic heterocycles. The standard InChI is InChI=1S/C52H33NOS/c1-2-14-34(15-3-1)39-18-6-9-25-47(39)53(38-30-28-35(29-31-38)40-21-12-24-45-42-20-8-11-27-50(42)55-52(40)45)48-26-10-7-19-41(48)43-22-13-23-44-46-32-36-16-4-5-17-37(36)33-49(46)54-51(43)44/h1-33H. The summed E-state index contributed by atoms with van der Waals surface area (Å²) >= 11 is 1.87. The number of nitrogens with zero attached hydrogens (tertiary/aromatic N) is 1. The molecule has 11 rings (SSSR count). The number of furan rings is 1. The molecule has 0 amide bonds. The highest BCUT2D eigenvalue weighted by Gasteiger charge is 2.23. The molecule has 0 radical (unpaired) electrons. The van der Waals surface area contributed by atoms with Crippen molar-refractivity contribution in [3.63, 3.8) is 0 Å². The second kappa shape index (κ2) is 12.9. The van der Waals surface area contributed by atoms with Gasteiger partial charge in [0.1, 0.15) is 11.2 Å². The molecule has 0 saturated heterocycles. The smallest absolute Gasteiger partial charge is 0.143 e. The molecule has 2 nitrogen and oxygen atoms in total. The quantitative estimate of drug-likeness (QED) is 0.170. The first-order valence-electron chi connectivity index (χ1n) is 18.7. The number of benzene rings is 9. The van der Waals surface area contributed by atoms with Crippen molar-refractivity contribution in [2.24, 2.45) is 0 Å². The minimum absolute atomic E-state index is 0.892. The molecular formula is C52H33NOS. The van der Waals surface area contributed by atoms with Crippen LogP contribution in [0.5, 0.6) is 0 Å². The van der Waals surface area contributed by atoms with E-state index in [9.17, 15) is 0 Å². The molecule has 2 heterocycles. The van der Waals surface area contributed by atoms with Gasteiger partial charge in [-0.05, 0) is 69.9 Å². The third kappa shape index (κ3) is 5.24. The summed E-state index contributed by atoms with van der Waals surface area (Å²) in [6.45, 7) is 0. The van der Waals surface area contributed by atoms with Crippen molar-refractivity contribution in [2.75, 3.05) is 4.90 Å². The summed E-state index contributed by atoms with van der Waals surface area (Å²) in [7, 11) is 0. The minimum atomic E-state index is 0.892. The van der Waals surface area contributed by atoms with E-state index in [1.54, 1.807) is 0 Å². The van der Waals surface area contributed by atoms with Crippen LogP contribution in [0.3, 0.4) is 0 Å². The van der Waals surface area contributed by atoms with Crippen LogP contribution in [0.15, 0.2) is 205 Å². The van der Waals surface area contributed by atoms with Crippen molar-refractivity contribution in [1.82, 2.24) is 0 Å². The van der Waals surface area contributed by atoms with Crippen LogP contribution < -0.4 is 4.90 Å². The van der Waals surface area contributed by atoms with E-state index in [-0.39, 0.29) is 0 Å². The van der Waals surface area contributed by atoms with E-state index in [2.05, 4.69) is 205 Å². The fourth-order valence-electron chi connectivity index (χ4n) is 8.29. The van der Waals surface area contributed by atoms with E-state index >= 15 is 0 Å². The molecule has 0 aliphatic heterocycles. The van der Waals surface area contributed by atoms with Gasteiger partial charge in [0.05, 0.1) is 11.4 Å². The topological polar surface area (TPSA) is 16.4 Å². The van der Waals surface area contributed by atoms with Crippen LogP contribution in [0.4, 0.5) is 17.1 Å². The SMILES string of the molecule is c1ccc(-c2ccccc2N(c2ccc(-c3cccc4c3sc3ccccc34)cc2)c2ccccc2-c2cccc3c2oc2cc4ccccc4cc23)cc1. The number of fused-ring (bicyclic) bond motifs is 7. The van der Waals surface area contributed by atoms with Crippen LogP contribution in [0.25, 0.3) is 86.3 Å². The van der Waals surface area contributed by atoms with E-state index in [0.29, 0.717) is 0 Å². The van der Waals surface area contributed by atoms with Crippen LogP contribution in [0.2, 0.25) is 0 Å². The Morgan fingerprint density at radius 1 is 0.382 bits per heavy atom.